The minimum Gasteiger partial charge on any atom is -0.390 e. The zero-order valence-corrected chi connectivity index (χ0v) is 9.48. The van der Waals surface area contributed by atoms with Crippen molar-refractivity contribution in [2.75, 3.05) is 23.4 Å². The van der Waals surface area contributed by atoms with E-state index in [4.69, 9.17) is 5.84 Å². The van der Waals surface area contributed by atoms with Gasteiger partial charge in [-0.25, -0.2) is 10.8 Å². The van der Waals surface area contributed by atoms with Gasteiger partial charge in [-0.3, -0.25) is 0 Å². The van der Waals surface area contributed by atoms with Gasteiger partial charge in [0.1, 0.15) is 5.82 Å². The second kappa shape index (κ2) is 4.27. The first-order valence-electron chi connectivity index (χ1n) is 5.51. The van der Waals surface area contributed by atoms with Crippen molar-refractivity contribution >= 4 is 11.5 Å². The number of nitrogens with two attached hydrogens (primary N) is 1. The Morgan fingerprint density at radius 3 is 2.81 bits per heavy atom. The van der Waals surface area contributed by atoms with E-state index in [1.807, 2.05) is 19.1 Å². The molecule has 5 heteroatoms. The molecule has 0 saturated carbocycles. The Bertz CT molecular complexity index is 357. The van der Waals surface area contributed by atoms with Gasteiger partial charge in [-0.05, 0) is 25.8 Å². The van der Waals surface area contributed by atoms with E-state index in [0.717, 1.165) is 31.6 Å². The third-order valence-electron chi connectivity index (χ3n) is 3.10. The molecule has 2 heterocycles. The maximum absolute atomic E-state index is 9.87. The number of aliphatic hydroxyl groups is 1. The molecule has 1 aliphatic heterocycles. The molecule has 0 aromatic carbocycles. The summed E-state index contributed by atoms with van der Waals surface area (Å²) in [7, 11) is 0. The van der Waals surface area contributed by atoms with E-state index in [1.54, 1.807) is 6.20 Å². The average Bonchev–Trinajstić information content (AvgIpc) is 2.29. The maximum atomic E-state index is 9.87. The Morgan fingerprint density at radius 2 is 2.19 bits per heavy atom. The first-order valence-corrected chi connectivity index (χ1v) is 5.51. The molecule has 0 atom stereocenters. The number of rotatable bonds is 2. The summed E-state index contributed by atoms with van der Waals surface area (Å²) in [6.07, 6.45) is 3.32. The largest absolute Gasteiger partial charge is 0.390 e. The van der Waals surface area contributed by atoms with Crippen LogP contribution in [0.3, 0.4) is 0 Å². The second-order valence-corrected chi connectivity index (χ2v) is 4.53. The zero-order valence-electron chi connectivity index (χ0n) is 9.48. The van der Waals surface area contributed by atoms with E-state index in [2.05, 4.69) is 15.3 Å². The molecule has 88 valence electrons. The van der Waals surface area contributed by atoms with E-state index in [-0.39, 0.29) is 0 Å². The fourth-order valence-electron chi connectivity index (χ4n) is 1.94. The molecule has 2 rings (SSSR count). The third kappa shape index (κ3) is 2.43. The number of nitrogens with zero attached hydrogens (tertiary/aromatic N) is 2. The number of hydrazine groups is 1. The van der Waals surface area contributed by atoms with E-state index >= 15 is 0 Å². The summed E-state index contributed by atoms with van der Waals surface area (Å²) >= 11 is 0. The molecule has 0 bridgehead atoms. The van der Waals surface area contributed by atoms with Crippen LogP contribution >= 0.6 is 0 Å². The van der Waals surface area contributed by atoms with Gasteiger partial charge < -0.3 is 15.4 Å². The summed E-state index contributed by atoms with van der Waals surface area (Å²) in [6, 6.07) is 3.88. The zero-order chi connectivity index (χ0) is 11.6. The number of hydrogen-bond acceptors (Lipinski definition) is 5. The highest BCUT2D eigenvalue weighted by Gasteiger charge is 2.27. The normalized spacial score (nSPS) is 19.6. The monoisotopic (exact) mass is 222 g/mol. The molecule has 0 unspecified atom stereocenters. The molecule has 4 N–H and O–H groups in total. The van der Waals surface area contributed by atoms with Crippen molar-refractivity contribution < 1.29 is 5.11 Å². The van der Waals surface area contributed by atoms with Crippen LogP contribution in [-0.2, 0) is 0 Å². The fourth-order valence-corrected chi connectivity index (χ4v) is 1.94. The van der Waals surface area contributed by atoms with Crippen LogP contribution in [0, 0.1) is 0 Å². The van der Waals surface area contributed by atoms with Crippen molar-refractivity contribution in [3.63, 3.8) is 0 Å². The van der Waals surface area contributed by atoms with E-state index in [0.29, 0.717) is 5.82 Å². The molecule has 0 amide bonds. The highest BCUT2D eigenvalue weighted by molar-refractivity contribution is 5.53. The van der Waals surface area contributed by atoms with Crippen molar-refractivity contribution in [3.05, 3.63) is 18.3 Å². The topological polar surface area (TPSA) is 74.4 Å². The lowest BCUT2D eigenvalue weighted by atomic mass is 9.93. The molecule has 1 aromatic heterocycles. The molecular weight excluding hydrogens is 204 g/mol. The van der Waals surface area contributed by atoms with Gasteiger partial charge in [0.2, 0.25) is 0 Å². The Labute approximate surface area is 95.2 Å². The maximum Gasteiger partial charge on any atom is 0.141 e. The molecule has 1 saturated heterocycles. The number of aromatic nitrogens is 1. The standard InChI is InChI=1S/C11H18N4O/c1-11(16)3-6-15(7-4-11)9-2-5-13-10(8-9)14-12/h2,5,8,16H,3-4,6-7,12H2,1H3,(H,13,14). The highest BCUT2D eigenvalue weighted by atomic mass is 16.3. The Morgan fingerprint density at radius 1 is 1.50 bits per heavy atom. The van der Waals surface area contributed by atoms with Crippen molar-refractivity contribution in [2.24, 2.45) is 5.84 Å². The summed E-state index contributed by atoms with van der Waals surface area (Å²) in [5, 5.41) is 9.87. The summed E-state index contributed by atoms with van der Waals surface area (Å²) < 4.78 is 0. The number of nitrogens with one attached hydrogen (secondary N) is 1. The van der Waals surface area contributed by atoms with Crippen molar-refractivity contribution in [1.29, 1.82) is 0 Å². The van der Waals surface area contributed by atoms with E-state index < -0.39 is 5.60 Å². The number of piperidine rings is 1. The van der Waals surface area contributed by atoms with Crippen LogP contribution in [0.4, 0.5) is 11.5 Å². The number of pyridine rings is 1. The van der Waals surface area contributed by atoms with Crippen molar-refractivity contribution in [1.82, 2.24) is 4.98 Å². The van der Waals surface area contributed by atoms with Crippen LogP contribution in [0.1, 0.15) is 19.8 Å². The van der Waals surface area contributed by atoms with Crippen LogP contribution < -0.4 is 16.2 Å². The van der Waals surface area contributed by atoms with Crippen molar-refractivity contribution in [2.45, 2.75) is 25.4 Å². The summed E-state index contributed by atoms with van der Waals surface area (Å²) in [5.74, 6) is 5.98. The van der Waals surface area contributed by atoms with Gasteiger partial charge in [-0.2, -0.15) is 0 Å². The molecule has 0 aliphatic carbocycles. The summed E-state index contributed by atoms with van der Waals surface area (Å²) in [6.45, 7) is 3.62. The lowest BCUT2D eigenvalue weighted by Gasteiger charge is -2.37. The minimum absolute atomic E-state index is 0.515. The molecular formula is C11H18N4O. The number of anilines is 2. The third-order valence-corrected chi connectivity index (χ3v) is 3.10. The van der Waals surface area contributed by atoms with Gasteiger partial charge in [0.15, 0.2) is 0 Å². The van der Waals surface area contributed by atoms with Crippen LogP contribution in [0.2, 0.25) is 0 Å². The SMILES string of the molecule is CC1(O)CCN(c2ccnc(NN)c2)CC1. The minimum atomic E-state index is -0.515. The summed E-state index contributed by atoms with van der Waals surface area (Å²) in [4.78, 5) is 6.31. The number of nitrogen functional groups attached to an aromatic ring is 1. The van der Waals surface area contributed by atoms with E-state index in [1.165, 1.54) is 0 Å². The first kappa shape index (κ1) is 11.2. The van der Waals surface area contributed by atoms with Gasteiger partial charge >= 0.3 is 0 Å². The molecule has 1 aliphatic rings. The molecule has 16 heavy (non-hydrogen) atoms. The Balaban J connectivity index is 2.08. The van der Waals surface area contributed by atoms with Crippen LogP contribution in [0.25, 0.3) is 0 Å². The molecule has 0 radical (unpaired) electrons. The lowest BCUT2D eigenvalue weighted by molar-refractivity contribution is 0.0351. The van der Waals surface area contributed by atoms with Crippen LogP contribution in [0.15, 0.2) is 18.3 Å². The predicted octanol–water partition coefficient (Wildman–Crippen LogP) is 0.718. The van der Waals surface area contributed by atoms with Gasteiger partial charge in [0, 0.05) is 31.0 Å². The predicted molar refractivity (Wildman–Crippen MR) is 64.1 cm³/mol. The van der Waals surface area contributed by atoms with Gasteiger partial charge in [-0.1, -0.05) is 0 Å². The Hall–Kier alpha value is -1.33. The molecule has 1 fully saturated rings. The smallest absolute Gasteiger partial charge is 0.141 e. The molecule has 0 spiro atoms. The highest BCUT2D eigenvalue weighted by Crippen LogP contribution is 2.26. The van der Waals surface area contributed by atoms with Crippen molar-refractivity contribution in [3.8, 4) is 0 Å². The van der Waals surface area contributed by atoms with Gasteiger partial charge in [0.05, 0.1) is 5.60 Å². The van der Waals surface area contributed by atoms with Crippen LogP contribution in [0.5, 0.6) is 0 Å². The Kier molecular flexibility index (Phi) is 2.98. The number of hydrogen-bond donors (Lipinski definition) is 3. The molecule has 1 aromatic rings. The quantitative estimate of drug-likeness (QED) is 0.508. The van der Waals surface area contributed by atoms with Gasteiger partial charge in [-0.15, -0.1) is 0 Å². The average molecular weight is 222 g/mol. The second-order valence-electron chi connectivity index (χ2n) is 4.53. The van der Waals surface area contributed by atoms with E-state index in [9.17, 15) is 5.11 Å². The van der Waals surface area contributed by atoms with Crippen LogP contribution in [-0.4, -0.2) is 28.8 Å². The fraction of sp³-hybridized carbons (Fsp3) is 0.545. The summed E-state index contributed by atoms with van der Waals surface area (Å²) in [5.41, 5.74) is 3.12. The molecule has 5 nitrogen and oxygen atoms in total. The first-order chi connectivity index (χ1) is 7.61. The van der Waals surface area contributed by atoms with Gasteiger partial charge in [0.25, 0.3) is 0 Å². The lowest BCUT2D eigenvalue weighted by Crippen LogP contribution is -2.42.